The van der Waals surface area contributed by atoms with Gasteiger partial charge in [0.1, 0.15) is 0 Å². The maximum Gasteiger partial charge on any atom is -1.00 e. The SMILES string of the molecule is C1=C[CH]([Hf+2](=[C]2CCCC2)[CH]2C=Cc3c(-c4ccccc4)cccc32)c2cccc(-c3ccccc3)c21.[Cl-].[Cl-]. The smallest absolute Gasteiger partial charge is 1.00 e. The maximum absolute atomic E-state index is 2.61. The van der Waals surface area contributed by atoms with Crippen LogP contribution in [0.1, 0.15) is 55.3 Å². The molecule has 0 radical (unpaired) electrons. The molecule has 0 amide bonds. The minimum absolute atomic E-state index is 0. The molecule has 1 saturated carbocycles. The molecule has 0 heterocycles. The summed E-state index contributed by atoms with van der Waals surface area (Å²) in [6.45, 7) is 0. The second kappa shape index (κ2) is 11.8. The van der Waals surface area contributed by atoms with Crippen LogP contribution in [0, 0.1) is 0 Å². The summed E-state index contributed by atoms with van der Waals surface area (Å²) in [5, 5.41) is 0. The summed E-state index contributed by atoms with van der Waals surface area (Å²) < 4.78 is 3.27. The average Bonchev–Trinajstić information content (AvgIpc) is 3.71. The van der Waals surface area contributed by atoms with Crippen LogP contribution in [0.5, 0.6) is 0 Å². The number of rotatable bonds is 4. The first-order chi connectivity index (χ1) is 17.9. The van der Waals surface area contributed by atoms with E-state index in [2.05, 4.69) is 121 Å². The molecule has 0 bridgehead atoms. The van der Waals surface area contributed by atoms with Crippen molar-refractivity contribution in [2.75, 3.05) is 0 Å². The predicted octanol–water partition coefficient (Wildman–Crippen LogP) is 3.23. The van der Waals surface area contributed by atoms with Crippen LogP contribution in [0.25, 0.3) is 34.4 Å². The van der Waals surface area contributed by atoms with E-state index in [0.717, 1.165) is 0 Å². The molecular formula is C35H30Cl2Hf. The Kier molecular flexibility index (Phi) is 8.48. The minimum atomic E-state index is -2.35. The number of fused-ring (bicyclic) bond motifs is 2. The van der Waals surface area contributed by atoms with Crippen LogP contribution in [0.4, 0.5) is 0 Å². The van der Waals surface area contributed by atoms with Gasteiger partial charge in [-0.05, 0) is 0 Å². The van der Waals surface area contributed by atoms with Crippen molar-refractivity contribution in [2.45, 2.75) is 33.0 Å². The molecule has 4 aromatic carbocycles. The third kappa shape index (κ3) is 4.79. The Hall–Kier alpha value is -2.32. The van der Waals surface area contributed by atoms with Gasteiger partial charge in [0.15, 0.2) is 0 Å². The predicted molar refractivity (Wildman–Crippen MR) is 151 cm³/mol. The summed E-state index contributed by atoms with van der Waals surface area (Å²) in [5.74, 6) is 0. The van der Waals surface area contributed by atoms with Crippen molar-refractivity contribution in [1.82, 2.24) is 0 Å². The molecule has 0 N–H and O–H groups in total. The molecule has 4 aromatic rings. The molecule has 38 heavy (non-hydrogen) atoms. The van der Waals surface area contributed by atoms with Gasteiger partial charge < -0.3 is 24.8 Å². The quantitative estimate of drug-likeness (QED) is 0.288. The molecule has 1 fully saturated rings. The summed E-state index contributed by atoms with van der Waals surface area (Å²) in [4.78, 5) is 0. The fourth-order valence-electron chi connectivity index (χ4n) is 6.68. The number of hydrogen-bond acceptors (Lipinski definition) is 0. The first kappa shape index (κ1) is 27.3. The molecule has 0 aromatic heterocycles. The van der Waals surface area contributed by atoms with Gasteiger partial charge in [0, 0.05) is 0 Å². The van der Waals surface area contributed by atoms with Gasteiger partial charge in [-0.3, -0.25) is 0 Å². The van der Waals surface area contributed by atoms with E-state index in [9.17, 15) is 0 Å². The van der Waals surface area contributed by atoms with Crippen LogP contribution in [0.2, 0.25) is 0 Å². The van der Waals surface area contributed by atoms with Gasteiger partial charge in [0.25, 0.3) is 0 Å². The Labute approximate surface area is 246 Å². The Morgan fingerprint density at radius 3 is 1.39 bits per heavy atom. The molecule has 3 heteroatoms. The Balaban J connectivity index is 0.00000147. The van der Waals surface area contributed by atoms with Crippen molar-refractivity contribution < 1.29 is 45.8 Å². The second-order valence-electron chi connectivity index (χ2n) is 10.3. The van der Waals surface area contributed by atoms with Gasteiger partial charge in [-0.2, -0.15) is 0 Å². The van der Waals surface area contributed by atoms with E-state index >= 15 is 0 Å². The van der Waals surface area contributed by atoms with Gasteiger partial charge in [0.05, 0.1) is 0 Å². The zero-order valence-corrected chi connectivity index (χ0v) is 26.4. The molecule has 188 valence electrons. The maximum atomic E-state index is 2.61. The standard InChI is InChI=1S/2C15H11.C5H8.2ClH.Hf/c2*1-2-6-12(7-3-1)14-10-4-8-13-9-5-11-15(13)14;1-2-4-5-3-1;;;/h2*1-11H;1-4H2;2*1H;/q;;;;;+2/p-2. The number of hydrogen-bond donors (Lipinski definition) is 0. The summed E-state index contributed by atoms with van der Waals surface area (Å²) in [6, 6.07) is 36.0. The molecule has 3 aliphatic rings. The largest absolute Gasteiger partial charge is 1.00 e. The zero-order chi connectivity index (χ0) is 23.9. The molecule has 2 unspecified atom stereocenters. The monoisotopic (exact) mass is 700 g/mol. The summed E-state index contributed by atoms with van der Waals surface area (Å²) in [7, 11) is 0. The van der Waals surface area contributed by atoms with Crippen LogP contribution in [0.3, 0.4) is 0 Å². The van der Waals surface area contributed by atoms with Gasteiger partial charge >= 0.3 is 223 Å². The fourth-order valence-corrected chi connectivity index (χ4v) is 21.0. The molecule has 7 rings (SSSR count). The fraction of sp³-hybridized carbons (Fsp3) is 0.171. The molecular weight excluding hydrogens is 670 g/mol. The van der Waals surface area contributed by atoms with E-state index < -0.39 is 21.0 Å². The van der Waals surface area contributed by atoms with E-state index in [0.29, 0.717) is 7.35 Å². The zero-order valence-electron chi connectivity index (χ0n) is 21.3. The van der Waals surface area contributed by atoms with Crippen molar-refractivity contribution >= 4 is 15.4 Å². The van der Waals surface area contributed by atoms with Crippen molar-refractivity contribution in [1.29, 1.82) is 0 Å². The van der Waals surface area contributed by atoms with Crippen LogP contribution >= 0.6 is 0 Å². The van der Waals surface area contributed by atoms with Crippen LogP contribution < -0.4 is 24.8 Å². The van der Waals surface area contributed by atoms with Crippen LogP contribution in [-0.2, 0) is 21.0 Å². The van der Waals surface area contributed by atoms with Gasteiger partial charge in [-0.15, -0.1) is 0 Å². The van der Waals surface area contributed by atoms with E-state index in [4.69, 9.17) is 0 Å². The summed E-state index contributed by atoms with van der Waals surface area (Å²) >= 11 is -2.35. The Morgan fingerprint density at radius 1 is 0.500 bits per heavy atom. The van der Waals surface area contributed by atoms with E-state index in [1.165, 1.54) is 59.1 Å². The second-order valence-corrected chi connectivity index (χ2v) is 20.6. The average molecular weight is 700 g/mol. The van der Waals surface area contributed by atoms with Crippen molar-refractivity contribution in [3.8, 4) is 22.3 Å². The van der Waals surface area contributed by atoms with Gasteiger partial charge in [-0.1, -0.05) is 0 Å². The summed E-state index contributed by atoms with van der Waals surface area (Å²) in [5.41, 5.74) is 11.6. The number of halogens is 2. The Bertz CT molecular complexity index is 1420. The number of benzene rings is 4. The first-order valence-electron chi connectivity index (χ1n) is 13.3. The van der Waals surface area contributed by atoms with E-state index in [1.807, 2.05) is 3.26 Å². The van der Waals surface area contributed by atoms with E-state index in [1.54, 1.807) is 11.1 Å². The topological polar surface area (TPSA) is 0 Å². The first-order valence-corrected chi connectivity index (χ1v) is 19.3. The van der Waals surface area contributed by atoms with Crippen LogP contribution in [0.15, 0.2) is 109 Å². The van der Waals surface area contributed by atoms with Crippen LogP contribution in [-0.4, -0.2) is 3.26 Å². The molecule has 0 aliphatic heterocycles. The van der Waals surface area contributed by atoms with Gasteiger partial charge in [0.2, 0.25) is 0 Å². The minimum Gasteiger partial charge on any atom is -1.00 e. The molecule has 0 saturated heterocycles. The van der Waals surface area contributed by atoms with Gasteiger partial charge in [-0.25, -0.2) is 0 Å². The number of allylic oxidation sites excluding steroid dienone is 2. The summed E-state index contributed by atoms with van der Waals surface area (Å²) in [6.07, 6.45) is 15.7. The van der Waals surface area contributed by atoms with Crippen molar-refractivity contribution in [3.05, 3.63) is 131 Å². The molecule has 0 nitrogen and oxygen atoms in total. The molecule has 2 atom stereocenters. The van der Waals surface area contributed by atoms with Crippen molar-refractivity contribution in [2.24, 2.45) is 0 Å². The Morgan fingerprint density at radius 2 is 0.947 bits per heavy atom. The third-order valence-corrected chi connectivity index (χ3v) is 21.5. The third-order valence-electron chi connectivity index (χ3n) is 8.32. The van der Waals surface area contributed by atoms with E-state index in [-0.39, 0.29) is 24.8 Å². The normalized spacial score (nSPS) is 18.2. The molecule has 0 spiro atoms. The van der Waals surface area contributed by atoms with Crippen molar-refractivity contribution in [3.63, 3.8) is 0 Å². The molecule has 3 aliphatic carbocycles.